The molecule has 0 radical (unpaired) electrons. The monoisotopic (exact) mass is 777 g/mol. The van der Waals surface area contributed by atoms with Crippen molar-refractivity contribution < 1.29 is 34.1 Å². The molecule has 2 fully saturated rings. The minimum Gasteiger partial charge on any atom is -0.465 e. The summed E-state index contributed by atoms with van der Waals surface area (Å²) in [6.07, 6.45) is 1.09. The molecule has 0 unspecified atom stereocenters. The average Bonchev–Trinajstić information content (AvgIpc) is 3.65. The summed E-state index contributed by atoms with van der Waals surface area (Å²) in [6, 6.07) is 26.2. The number of morpholine rings is 1. The molecular formula is C43H51N7O7. The minimum absolute atomic E-state index is 0.00886. The number of amides is 4. The van der Waals surface area contributed by atoms with Crippen molar-refractivity contribution in [2.24, 2.45) is 11.8 Å². The van der Waals surface area contributed by atoms with E-state index < -0.39 is 36.1 Å². The molecule has 4 aromatic rings. The maximum atomic E-state index is 13.0. The van der Waals surface area contributed by atoms with E-state index in [1.807, 2.05) is 54.7 Å². The van der Waals surface area contributed by atoms with Gasteiger partial charge < -0.3 is 46.0 Å². The second kappa shape index (κ2) is 18.2. The predicted molar refractivity (Wildman–Crippen MR) is 220 cm³/mol. The van der Waals surface area contributed by atoms with E-state index in [0.29, 0.717) is 24.6 Å². The number of benzene rings is 3. The predicted octanol–water partition coefficient (Wildman–Crippen LogP) is 7.13. The largest absolute Gasteiger partial charge is 0.465 e. The number of carboxylic acid groups (broad SMARTS) is 2. The summed E-state index contributed by atoms with van der Waals surface area (Å²) < 4.78 is 5.49. The highest BCUT2D eigenvalue weighted by atomic mass is 16.5. The molecule has 2 aliphatic rings. The standard InChI is InChI=1S/C43H51N7O7/c1-26(2)38(47-42(53)54)40(51)45-32-12-5-29(6-13-32)35-18-19-36(30-7-14-33(15-8-30)46-41(52)39(27(3)4)48-43(55)56)50(35)34-16-9-28(10-17-34)31-11-20-37(44-25-31)49-21-23-57-24-22-49/h5-17,20,25-27,35-36,38-39,47-48H,18-19,21-24H2,1-4H3,(H,45,51)(H,46,52)(H,53,54)(H,55,56)/t35-,36-,38-,39-/m0/s1. The fourth-order valence-corrected chi connectivity index (χ4v) is 7.54. The maximum absolute atomic E-state index is 13.0. The highest BCUT2D eigenvalue weighted by molar-refractivity contribution is 5.97. The van der Waals surface area contributed by atoms with Crippen LogP contribution >= 0.6 is 0 Å². The van der Waals surface area contributed by atoms with Gasteiger partial charge in [-0.2, -0.15) is 0 Å². The zero-order valence-corrected chi connectivity index (χ0v) is 32.6. The summed E-state index contributed by atoms with van der Waals surface area (Å²) in [7, 11) is 0. The molecule has 0 bridgehead atoms. The summed E-state index contributed by atoms with van der Waals surface area (Å²) in [4.78, 5) is 57.9. The SMILES string of the molecule is CC(C)[C@H](NC(=O)O)C(=O)Nc1ccc([C@@H]2CC[C@@H](c3ccc(NC(=O)[C@@H](NC(=O)O)C(C)C)cc3)N2c2ccc(-c3ccc(N4CCOCC4)nc3)cc2)cc1. The highest BCUT2D eigenvalue weighted by Crippen LogP contribution is 2.47. The van der Waals surface area contributed by atoms with Crippen LogP contribution in [0.15, 0.2) is 91.1 Å². The molecule has 0 spiro atoms. The third-order valence-electron chi connectivity index (χ3n) is 10.5. The lowest BCUT2D eigenvalue weighted by molar-refractivity contribution is -0.119. The zero-order chi connectivity index (χ0) is 40.6. The number of hydrogen-bond acceptors (Lipinski definition) is 8. The molecule has 2 aliphatic heterocycles. The van der Waals surface area contributed by atoms with Gasteiger partial charge in [-0.1, -0.05) is 64.1 Å². The molecule has 57 heavy (non-hydrogen) atoms. The van der Waals surface area contributed by atoms with Gasteiger partial charge in [0.15, 0.2) is 0 Å². The van der Waals surface area contributed by atoms with Crippen LogP contribution in [0, 0.1) is 11.8 Å². The fourth-order valence-electron chi connectivity index (χ4n) is 7.54. The Balaban J connectivity index is 1.25. The van der Waals surface area contributed by atoms with Gasteiger partial charge in [-0.3, -0.25) is 9.59 Å². The van der Waals surface area contributed by atoms with E-state index in [0.717, 1.165) is 59.7 Å². The van der Waals surface area contributed by atoms with Gasteiger partial charge >= 0.3 is 12.2 Å². The second-order valence-corrected chi connectivity index (χ2v) is 15.1. The Kier molecular flexibility index (Phi) is 12.9. The number of aromatic nitrogens is 1. The average molecular weight is 778 g/mol. The molecule has 3 heterocycles. The van der Waals surface area contributed by atoms with E-state index in [1.165, 1.54) is 0 Å². The highest BCUT2D eigenvalue weighted by Gasteiger charge is 2.36. The number of carbonyl (C=O) groups excluding carboxylic acids is 2. The Morgan fingerprint density at radius 3 is 1.51 bits per heavy atom. The molecule has 14 heteroatoms. The summed E-state index contributed by atoms with van der Waals surface area (Å²) in [6.45, 7) is 10.2. The first-order chi connectivity index (χ1) is 27.4. The Labute approximate surface area is 332 Å². The van der Waals surface area contributed by atoms with Gasteiger partial charge in [-0.25, -0.2) is 14.6 Å². The summed E-state index contributed by atoms with van der Waals surface area (Å²) in [5, 5.41) is 28.8. The van der Waals surface area contributed by atoms with Gasteiger partial charge in [-0.15, -0.1) is 0 Å². The van der Waals surface area contributed by atoms with Crippen molar-refractivity contribution in [3.63, 3.8) is 0 Å². The van der Waals surface area contributed by atoms with Crippen LogP contribution in [0.4, 0.5) is 32.5 Å². The van der Waals surface area contributed by atoms with Crippen molar-refractivity contribution in [2.75, 3.05) is 46.7 Å². The summed E-state index contributed by atoms with van der Waals surface area (Å²) in [5.74, 6) is -0.390. The van der Waals surface area contributed by atoms with Gasteiger partial charge in [0.2, 0.25) is 11.8 Å². The molecule has 3 aromatic carbocycles. The van der Waals surface area contributed by atoms with Gasteiger partial charge in [0.1, 0.15) is 17.9 Å². The molecule has 0 aliphatic carbocycles. The summed E-state index contributed by atoms with van der Waals surface area (Å²) >= 11 is 0. The first-order valence-corrected chi connectivity index (χ1v) is 19.4. The quantitative estimate of drug-likeness (QED) is 0.0816. The maximum Gasteiger partial charge on any atom is 0.405 e. The Bertz CT molecular complexity index is 1910. The first-order valence-electron chi connectivity index (χ1n) is 19.4. The number of carbonyl (C=O) groups is 4. The smallest absolute Gasteiger partial charge is 0.405 e. The lowest BCUT2D eigenvalue weighted by Crippen LogP contribution is -2.46. The number of nitrogens with one attached hydrogen (secondary N) is 4. The number of pyridine rings is 1. The van der Waals surface area contributed by atoms with Crippen LogP contribution in [-0.4, -0.2) is 77.6 Å². The van der Waals surface area contributed by atoms with E-state index >= 15 is 0 Å². The van der Waals surface area contributed by atoms with Crippen molar-refractivity contribution in [2.45, 2.75) is 64.7 Å². The van der Waals surface area contributed by atoms with Crippen LogP contribution in [0.1, 0.15) is 63.7 Å². The molecule has 4 atom stereocenters. The van der Waals surface area contributed by atoms with Crippen molar-refractivity contribution in [3.8, 4) is 11.1 Å². The zero-order valence-electron chi connectivity index (χ0n) is 32.6. The third kappa shape index (κ3) is 10.00. The van der Waals surface area contributed by atoms with Crippen LogP contribution in [0.2, 0.25) is 0 Å². The van der Waals surface area contributed by atoms with Gasteiger partial charge in [0.05, 0.1) is 25.3 Å². The van der Waals surface area contributed by atoms with Crippen molar-refractivity contribution >= 4 is 46.9 Å². The molecule has 14 nitrogen and oxygen atoms in total. The molecule has 4 amide bonds. The Hall–Kier alpha value is -6.15. The van der Waals surface area contributed by atoms with Crippen molar-refractivity contribution in [1.82, 2.24) is 15.6 Å². The van der Waals surface area contributed by atoms with E-state index in [9.17, 15) is 29.4 Å². The third-order valence-corrected chi connectivity index (χ3v) is 10.5. The molecule has 0 saturated carbocycles. The number of rotatable bonds is 13. The van der Waals surface area contributed by atoms with E-state index in [1.54, 1.807) is 27.7 Å². The van der Waals surface area contributed by atoms with Crippen LogP contribution < -0.4 is 31.1 Å². The molecule has 1 aromatic heterocycles. The molecule has 2 saturated heterocycles. The number of anilines is 4. The topological polar surface area (TPSA) is 185 Å². The number of hydrogen-bond donors (Lipinski definition) is 6. The van der Waals surface area contributed by atoms with E-state index in [4.69, 9.17) is 9.72 Å². The molecule has 6 rings (SSSR count). The molecule has 6 N–H and O–H groups in total. The van der Waals surface area contributed by atoms with Crippen molar-refractivity contribution in [3.05, 3.63) is 102 Å². The van der Waals surface area contributed by atoms with Gasteiger partial charge in [0.25, 0.3) is 0 Å². The molecule has 300 valence electrons. The first kappa shape index (κ1) is 40.5. The number of nitrogens with zero attached hydrogens (tertiary/aromatic N) is 3. The summed E-state index contributed by atoms with van der Waals surface area (Å²) in [5.41, 5.74) is 6.33. The van der Waals surface area contributed by atoms with Crippen LogP contribution in [0.5, 0.6) is 0 Å². The number of ether oxygens (including phenoxy) is 1. The Morgan fingerprint density at radius 2 is 1.11 bits per heavy atom. The second-order valence-electron chi connectivity index (χ2n) is 15.1. The molecular weight excluding hydrogens is 727 g/mol. The van der Waals surface area contributed by atoms with Gasteiger partial charge in [-0.05, 0) is 89.9 Å². The van der Waals surface area contributed by atoms with E-state index in [-0.39, 0.29) is 23.9 Å². The normalized spacial score (nSPS) is 17.9. The Morgan fingerprint density at radius 1 is 0.649 bits per heavy atom. The van der Waals surface area contributed by atoms with Crippen molar-refractivity contribution in [1.29, 1.82) is 0 Å². The fraction of sp³-hybridized carbons (Fsp3) is 0.372. The lowest BCUT2D eigenvalue weighted by atomic mass is 10.0. The van der Waals surface area contributed by atoms with Crippen LogP contribution in [0.25, 0.3) is 11.1 Å². The van der Waals surface area contributed by atoms with E-state index in [2.05, 4.69) is 67.5 Å². The van der Waals surface area contributed by atoms with Gasteiger partial charge in [0, 0.05) is 41.9 Å². The minimum atomic E-state index is -1.26. The lowest BCUT2D eigenvalue weighted by Gasteiger charge is -2.33. The van der Waals surface area contributed by atoms with Crippen LogP contribution in [0.3, 0.4) is 0 Å². The van der Waals surface area contributed by atoms with Crippen LogP contribution in [-0.2, 0) is 14.3 Å².